The second-order valence-electron chi connectivity index (χ2n) is 8.14. The van der Waals surface area contributed by atoms with Crippen molar-refractivity contribution in [3.8, 4) is 11.1 Å². The first-order chi connectivity index (χ1) is 16.4. The van der Waals surface area contributed by atoms with Crippen LogP contribution in [0.2, 0.25) is 5.02 Å². The molecule has 0 saturated heterocycles. The number of hydrogen-bond acceptors (Lipinski definition) is 4. The lowest BCUT2D eigenvalue weighted by Crippen LogP contribution is -2.23. The van der Waals surface area contributed by atoms with Crippen molar-refractivity contribution in [2.24, 2.45) is 0 Å². The molecule has 0 aliphatic rings. The smallest absolute Gasteiger partial charge is 0.270 e. The van der Waals surface area contributed by atoms with E-state index in [9.17, 15) is 14.9 Å². The molecule has 3 rings (SSSR count). The van der Waals surface area contributed by atoms with Crippen molar-refractivity contribution < 1.29 is 9.72 Å². The van der Waals surface area contributed by atoms with Crippen molar-refractivity contribution in [2.75, 3.05) is 23.3 Å². The summed E-state index contributed by atoms with van der Waals surface area (Å²) >= 11 is 6.07. The number of rotatable bonds is 11. The molecular weight excluding hydrogens is 450 g/mol. The van der Waals surface area contributed by atoms with Crippen LogP contribution in [-0.2, 0) is 0 Å². The Kier molecular flexibility index (Phi) is 9.05. The maximum Gasteiger partial charge on any atom is 0.270 e. The molecule has 0 saturated carbocycles. The van der Waals surface area contributed by atoms with Gasteiger partial charge in [0.2, 0.25) is 0 Å². The molecule has 0 radical (unpaired) electrons. The lowest BCUT2D eigenvalue weighted by molar-refractivity contribution is -0.384. The lowest BCUT2D eigenvalue weighted by Gasteiger charge is -2.23. The first kappa shape index (κ1) is 25.2. The van der Waals surface area contributed by atoms with Gasteiger partial charge < -0.3 is 10.2 Å². The van der Waals surface area contributed by atoms with Crippen LogP contribution in [0.3, 0.4) is 0 Å². The molecule has 1 amide bonds. The third-order valence-electron chi connectivity index (χ3n) is 5.78. The molecule has 178 valence electrons. The average molecular weight is 480 g/mol. The number of nitro benzene ring substituents is 1. The monoisotopic (exact) mass is 479 g/mol. The highest BCUT2D eigenvalue weighted by atomic mass is 35.5. The van der Waals surface area contributed by atoms with Crippen molar-refractivity contribution in [1.29, 1.82) is 0 Å². The fourth-order valence-electron chi connectivity index (χ4n) is 3.81. The predicted octanol–water partition coefficient (Wildman–Crippen LogP) is 7.57. The molecule has 0 aromatic heterocycles. The number of amides is 1. The highest BCUT2D eigenvalue weighted by Gasteiger charge is 2.16. The Balaban J connectivity index is 1.66. The fraction of sp³-hybridized carbons (Fsp3) is 0.296. The minimum atomic E-state index is -0.556. The number of unbranched alkanes of at least 4 members (excludes halogenated alkanes) is 3. The minimum Gasteiger partial charge on any atom is -0.372 e. The van der Waals surface area contributed by atoms with E-state index in [1.807, 2.05) is 12.1 Å². The number of carbonyl (C=O) groups is 1. The summed E-state index contributed by atoms with van der Waals surface area (Å²) in [5.74, 6) is -0.496. The number of nitrogens with one attached hydrogen (secondary N) is 1. The van der Waals surface area contributed by atoms with Gasteiger partial charge in [-0.2, -0.15) is 0 Å². The molecule has 3 aromatic rings. The number of nitro groups is 1. The molecule has 34 heavy (non-hydrogen) atoms. The summed E-state index contributed by atoms with van der Waals surface area (Å²) in [4.78, 5) is 25.4. The van der Waals surface area contributed by atoms with Crippen LogP contribution in [-0.4, -0.2) is 23.9 Å². The molecule has 0 unspecified atom stereocenters. The van der Waals surface area contributed by atoms with Crippen molar-refractivity contribution in [3.63, 3.8) is 0 Å². The van der Waals surface area contributed by atoms with Crippen molar-refractivity contribution in [1.82, 2.24) is 0 Å². The van der Waals surface area contributed by atoms with Crippen LogP contribution in [0.25, 0.3) is 11.1 Å². The van der Waals surface area contributed by atoms with Gasteiger partial charge in [0.1, 0.15) is 0 Å². The second-order valence-corrected chi connectivity index (χ2v) is 8.55. The highest BCUT2D eigenvalue weighted by molar-refractivity contribution is 6.34. The van der Waals surface area contributed by atoms with Crippen LogP contribution in [0.15, 0.2) is 66.7 Å². The van der Waals surface area contributed by atoms with E-state index in [0.717, 1.165) is 24.2 Å². The molecule has 7 heteroatoms. The van der Waals surface area contributed by atoms with Gasteiger partial charge in [-0.25, -0.2) is 0 Å². The zero-order valence-electron chi connectivity index (χ0n) is 19.6. The largest absolute Gasteiger partial charge is 0.372 e. The Bertz CT molecular complexity index is 1110. The number of benzene rings is 3. The Morgan fingerprint density at radius 2 is 1.59 bits per heavy atom. The van der Waals surface area contributed by atoms with Crippen molar-refractivity contribution in [3.05, 3.63) is 87.4 Å². The predicted molar refractivity (Wildman–Crippen MR) is 140 cm³/mol. The first-order valence-electron chi connectivity index (χ1n) is 11.6. The number of carbonyl (C=O) groups excluding carboxylic acids is 1. The number of non-ortho nitro benzene ring substituents is 1. The van der Waals surface area contributed by atoms with Gasteiger partial charge in [0.05, 0.1) is 15.5 Å². The SMILES string of the molecule is CCCCCCN(CC)c1ccc(-c2ccc(NC(=O)c3cc([N+](=O)[O-])ccc3Cl)cc2)cc1. The molecule has 0 aliphatic carbocycles. The van der Waals surface area contributed by atoms with Crippen LogP contribution < -0.4 is 10.2 Å². The van der Waals surface area contributed by atoms with Gasteiger partial charge in [-0.1, -0.05) is 62.1 Å². The topological polar surface area (TPSA) is 75.5 Å². The van der Waals surface area contributed by atoms with E-state index in [4.69, 9.17) is 11.6 Å². The second kappa shape index (κ2) is 12.2. The summed E-state index contributed by atoms with van der Waals surface area (Å²) in [7, 11) is 0. The van der Waals surface area contributed by atoms with E-state index in [2.05, 4.69) is 48.3 Å². The highest BCUT2D eigenvalue weighted by Crippen LogP contribution is 2.26. The lowest BCUT2D eigenvalue weighted by atomic mass is 10.0. The van der Waals surface area contributed by atoms with Gasteiger partial charge in [-0.15, -0.1) is 0 Å². The fourth-order valence-corrected chi connectivity index (χ4v) is 4.01. The number of anilines is 2. The Morgan fingerprint density at radius 3 is 2.18 bits per heavy atom. The van der Waals surface area contributed by atoms with E-state index >= 15 is 0 Å². The van der Waals surface area contributed by atoms with E-state index in [1.54, 1.807) is 12.1 Å². The zero-order valence-corrected chi connectivity index (χ0v) is 20.3. The van der Waals surface area contributed by atoms with Crippen LogP contribution in [0.5, 0.6) is 0 Å². The summed E-state index contributed by atoms with van der Waals surface area (Å²) in [6.07, 6.45) is 5.00. The van der Waals surface area contributed by atoms with Gasteiger partial charge in [-0.3, -0.25) is 14.9 Å². The number of nitrogens with zero attached hydrogens (tertiary/aromatic N) is 2. The molecule has 0 spiro atoms. The number of hydrogen-bond donors (Lipinski definition) is 1. The maximum absolute atomic E-state index is 12.6. The minimum absolute atomic E-state index is 0.0608. The molecule has 1 N–H and O–H groups in total. The molecule has 3 aromatic carbocycles. The third-order valence-corrected chi connectivity index (χ3v) is 6.11. The quantitative estimate of drug-likeness (QED) is 0.175. The molecule has 0 heterocycles. The van der Waals surface area contributed by atoms with E-state index < -0.39 is 10.8 Å². The van der Waals surface area contributed by atoms with Crippen LogP contribution in [0, 0.1) is 10.1 Å². The summed E-state index contributed by atoms with van der Waals surface area (Å²) in [6.45, 7) is 6.46. The average Bonchev–Trinajstić information content (AvgIpc) is 2.85. The summed E-state index contributed by atoms with van der Waals surface area (Å²) < 4.78 is 0. The maximum atomic E-state index is 12.6. The van der Waals surface area contributed by atoms with E-state index in [1.165, 1.54) is 49.6 Å². The normalized spacial score (nSPS) is 10.7. The molecule has 0 aliphatic heterocycles. The van der Waals surface area contributed by atoms with E-state index in [0.29, 0.717) is 5.69 Å². The van der Waals surface area contributed by atoms with Gasteiger partial charge >= 0.3 is 0 Å². The molecule has 0 atom stereocenters. The Morgan fingerprint density at radius 1 is 0.941 bits per heavy atom. The van der Waals surface area contributed by atoms with Gasteiger partial charge in [0.25, 0.3) is 11.6 Å². The van der Waals surface area contributed by atoms with Gasteiger partial charge in [-0.05, 0) is 54.8 Å². The summed E-state index contributed by atoms with van der Waals surface area (Å²) in [6, 6.07) is 19.8. The number of halogens is 1. The molecular formula is C27H30ClN3O3. The molecule has 0 bridgehead atoms. The molecule has 0 fully saturated rings. The third kappa shape index (κ3) is 6.58. The summed E-state index contributed by atoms with van der Waals surface area (Å²) in [5, 5.41) is 13.9. The summed E-state index contributed by atoms with van der Waals surface area (Å²) in [5.41, 5.74) is 3.80. The first-order valence-corrected chi connectivity index (χ1v) is 12.0. The van der Waals surface area contributed by atoms with Crippen molar-refractivity contribution >= 4 is 34.6 Å². The van der Waals surface area contributed by atoms with Crippen molar-refractivity contribution in [2.45, 2.75) is 39.5 Å². The van der Waals surface area contributed by atoms with Crippen LogP contribution >= 0.6 is 11.6 Å². The molecule has 6 nitrogen and oxygen atoms in total. The van der Waals surface area contributed by atoms with Crippen LogP contribution in [0.1, 0.15) is 49.9 Å². The van der Waals surface area contributed by atoms with Gasteiger partial charge in [0, 0.05) is 36.6 Å². The Hall–Kier alpha value is -3.38. The van der Waals surface area contributed by atoms with E-state index in [-0.39, 0.29) is 16.3 Å². The van der Waals surface area contributed by atoms with Crippen LogP contribution in [0.4, 0.5) is 17.1 Å². The van der Waals surface area contributed by atoms with Gasteiger partial charge in [0.15, 0.2) is 0 Å². The standard InChI is InChI=1S/C27H30ClN3O3/c1-3-5-6-7-18-30(4-2)23-14-10-21(11-15-23)20-8-12-22(13-9-20)29-27(32)25-19-24(31(33)34)16-17-26(25)28/h8-17,19H,3-7,18H2,1-2H3,(H,29,32). The zero-order chi connectivity index (χ0) is 24.5. The Labute approximate surface area is 205 Å².